The summed E-state index contributed by atoms with van der Waals surface area (Å²) in [5, 5.41) is 0. The topological polar surface area (TPSA) is 26.0 Å². The molecule has 0 aliphatic carbocycles. The standard InChI is InChI=1S/CH3NS2.2CH3.Zn/c2-1(3)4;;;/h(H3,2,3,4);2*1H3;. The van der Waals surface area contributed by atoms with Crippen LogP contribution < -0.4 is 5.73 Å². The number of nitrogens with two attached hydrogens (primary N) is 1. The van der Waals surface area contributed by atoms with Gasteiger partial charge in [0, 0.05) is 0 Å². The van der Waals surface area contributed by atoms with Crippen LogP contribution in [0.25, 0.3) is 0 Å². The first-order chi connectivity index (χ1) is 3.15. The fourth-order valence-corrected chi connectivity index (χ4v) is 0. The minimum absolute atomic E-state index is 0.125. The number of rotatable bonds is 0. The van der Waals surface area contributed by atoms with Gasteiger partial charge in [0.05, 0.1) is 0 Å². The van der Waals surface area contributed by atoms with Crippen LogP contribution in [0.5, 0.6) is 0 Å². The van der Waals surface area contributed by atoms with E-state index in [1.807, 2.05) is 0 Å². The first kappa shape index (κ1) is 10.8. The Morgan fingerprint density at radius 2 is 1.71 bits per heavy atom. The first-order valence-corrected chi connectivity index (χ1v) is 8.92. The molecule has 0 aliphatic heterocycles. The molecule has 2 N–H and O–H groups in total. The quantitative estimate of drug-likeness (QED) is 0.341. The monoisotopic (exact) mass is 187 g/mol. The van der Waals surface area contributed by atoms with E-state index in [0.29, 0.717) is 0 Å². The summed E-state index contributed by atoms with van der Waals surface area (Å²) in [6.45, 7) is 0. The summed E-state index contributed by atoms with van der Waals surface area (Å²) in [5.41, 5.74) is 9.33. The Hall–Kier alpha value is 0.863. The van der Waals surface area contributed by atoms with Gasteiger partial charge in [0.1, 0.15) is 4.32 Å². The van der Waals surface area contributed by atoms with Crippen LogP contribution in [-0.4, -0.2) is 4.32 Å². The van der Waals surface area contributed by atoms with E-state index in [1.165, 1.54) is 0 Å². The van der Waals surface area contributed by atoms with Crippen LogP contribution in [-0.2, 0) is 17.1 Å². The van der Waals surface area contributed by atoms with Crippen LogP contribution in [0, 0.1) is 0 Å². The van der Waals surface area contributed by atoms with Gasteiger partial charge in [-0.2, -0.15) is 0 Å². The number of hydrogen-bond acceptors (Lipinski definition) is 1. The molecule has 0 saturated heterocycles. The van der Waals surface area contributed by atoms with Crippen molar-refractivity contribution in [1.29, 1.82) is 0 Å². The van der Waals surface area contributed by atoms with E-state index in [2.05, 4.69) is 35.9 Å². The molecule has 0 atom stereocenters. The van der Waals surface area contributed by atoms with E-state index in [4.69, 9.17) is 5.73 Å². The van der Waals surface area contributed by atoms with Crippen molar-refractivity contribution in [2.45, 2.75) is 11.0 Å². The van der Waals surface area contributed by atoms with Crippen LogP contribution in [0.3, 0.4) is 0 Å². The summed E-state index contributed by atoms with van der Waals surface area (Å²) in [7, 11) is 0. The van der Waals surface area contributed by atoms with Crippen molar-refractivity contribution in [1.82, 2.24) is 0 Å². The molecule has 7 heavy (non-hydrogen) atoms. The second-order valence-electron chi connectivity index (χ2n) is 1.05. The van der Waals surface area contributed by atoms with Gasteiger partial charge >= 0.3 is 28.2 Å². The molecule has 0 saturated carbocycles. The Morgan fingerprint density at radius 1 is 1.71 bits per heavy atom. The summed E-state index contributed by atoms with van der Waals surface area (Å²) >= 11 is 7.78. The third-order valence-electron chi connectivity index (χ3n) is 0. The van der Waals surface area contributed by atoms with E-state index in [-0.39, 0.29) is 21.4 Å². The van der Waals surface area contributed by atoms with E-state index < -0.39 is 0 Å². The van der Waals surface area contributed by atoms with Gasteiger partial charge < -0.3 is 5.73 Å². The number of hydrogen-bond donors (Lipinski definition) is 2. The van der Waals surface area contributed by atoms with E-state index >= 15 is 0 Å². The first-order valence-electron chi connectivity index (χ1n) is 2.13. The molecule has 4 heteroatoms. The maximum atomic E-state index is 4.71. The van der Waals surface area contributed by atoms with E-state index in [0.717, 1.165) is 0 Å². The third-order valence-corrected chi connectivity index (χ3v) is 0. The van der Waals surface area contributed by atoms with Gasteiger partial charge in [0.2, 0.25) is 0 Å². The molecule has 0 fully saturated rings. The van der Waals surface area contributed by atoms with Crippen LogP contribution in [0.4, 0.5) is 0 Å². The average molecular weight is 189 g/mol. The Bertz CT molecular complexity index is 44.2. The van der Waals surface area contributed by atoms with Gasteiger partial charge in [-0.3, -0.25) is 0 Å². The van der Waals surface area contributed by atoms with Crippen molar-refractivity contribution in [2.24, 2.45) is 5.73 Å². The molecule has 0 unspecified atom stereocenters. The fourth-order valence-electron chi connectivity index (χ4n) is 0. The molecule has 0 bridgehead atoms. The Kier molecular flexibility index (Phi) is 15.4. The van der Waals surface area contributed by atoms with Crippen molar-refractivity contribution in [3.05, 3.63) is 0 Å². The molecular formula is C3H9NS2Zn. The molecule has 0 spiro atoms. The zero-order valence-corrected chi connectivity index (χ0v) is 9.32. The SMILES string of the molecule is NC(=S)S.[CH3][Zn][CH3]. The van der Waals surface area contributed by atoms with Crippen molar-refractivity contribution >= 4 is 29.2 Å². The Labute approximate surface area is 63.0 Å². The second kappa shape index (κ2) is 9.98. The van der Waals surface area contributed by atoms with E-state index in [9.17, 15) is 0 Å². The summed E-state index contributed by atoms with van der Waals surface area (Å²) in [5.74, 6) is 0. The van der Waals surface area contributed by atoms with Crippen LogP contribution >= 0.6 is 24.8 Å². The molecule has 1 nitrogen and oxygen atoms in total. The predicted molar refractivity (Wildman–Crippen MR) is 37.5 cm³/mol. The molecule has 0 aromatic carbocycles. The third kappa shape index (κ3) is 218. The van der Waals surface area contributed by atoms with Crippen LogP contribution in [0.15, 0.2) is 0 Å². The summed E-state index contributed by atoms with van der Waals surface area (Å²) in [6, 6.07) is 0. The summed E-state index contributed by atoms with van der Waals surface area (Å²) in [4.78, 5) is 0. The number of thiol groups is 1. The fraction of sp³-hybridized carbons (Fsp3) is 0.667. The van der Waals surface area contributed by atoms with Gasteiger partial charge in [-0.1, -0.05) is 12.2 Å². The molecule has 0 heterocycles. The van der Waals surface area contributed by atoms with Crippen molar-refractivity contribution < 1.29 is 17.1 Å². The molecule has 0 aromatic heterocycles. The molecular weight excluding hydrogens is 180 g/mol. The second-order valence-corrected chi connectivity index (χ2v) is 5.24. The van der Waals surface area contributed by atoms with Gasteiger partial charge in [0.15, 0.2) is 0 Å². The molecule has 0 aliphatic rings. The summed E-state index contributed by atoms with van der Waals surface area (Å²) < 4.78 is 0.194. The normalized spacial score (nSPS) is 5.00. The maximum absolute atomic E-state index is 4.71. The van der Waals surface area contributed by atoms with Crippen molar-refractivity contribution in [3.63, 3.8) is 0 Å². The molecule has 0 rings (SSSR count). The zero-order valence-electron chi connectivity index (χ0n) is 4.64. The molecule has 0 aromatic rings. The van der Waals surface area contributed by atoms with Crippen LogP contribution in [0.2, 0.25) is 11.0 Å². The molecule has 0 radical (unpaired) electrons. The van der Waals surface area contributed by atoms with Crippen molar-refractivity contribution in [3.8, 4) is 0 Å². The minimum atomic E-state index is 0.125. The Balaban J connectivity index is 0. The van der Waals surface area contributed by atoms with Gasteiger partial charge in [0.25, 0.3) is 0 Å². The van der Waals surface area contributed by atoms with Crippen molar-refractivity contribution in [2.75, 3.05) is 0 Å². The molecule has 0 amide bonds. The number of thiocarbonyl (C=S) groups is 1. The van der Waals surface area contributed by atoms with Gasteiger partial charge in [-0.05, 0) is 0 Å². The Morgan fingerprint density at radius 3 is 1.71 bits per heavy atom. The predicted octanol–water partition coefficient (Wildman–Crippen LogP) is 1.32. The van der Waals surface area contributed by atoms with Gasteiger partial charge in [-0.25, -0.2) is 0 Å². The zero-order chi connectivity index (χ0) is 6.28. The summed E-state index contributed by atoms with van der Waals surface area (Å²) in [6.07, 6.45) is 0. The average Bonchev–Trinajstić information content (AvgIpc) is 1.33. The van der Waals surface area contributed by atoms with Crippen LogP contribution in [0.1, 0.15) is 0 Å². The van der Waals surface area contributed by atoms with Gasteiger partial charge in [-0.15, -0.1) is 12.6 Å². The van der Waals surface area contributed by atoms with E-state index in [1.54, 1.807) is 0 Å². The molecule has 40 valence electrons.